The first-order valence-corrected chi connectivity index (χ1v) is 13.8. The van der Waals surface area contributed by atoms with Crippen LogP contribution in [0.2, 0.25) is 0 Å². The Morgan fingerprint density at radius 3 is 2.53 bits per heavy atom. The van der Waals surface area contributed by atoms with Crippen molar-refractivity contribution >= 4 is 11.9 Å². The summed E-state index contributed by atoms with van der Waals surface area (Å²) in [6.07, 6.45) is 11.3. The fourth-order valence-corrected chi connectivity index (χ4v) is 9.40. The van der Waals surface area contributed by atoms with Crippen molar-refractivity contribution in [3.63, 3.8) is 0 Å². The Hall–Kier alpha value is -1.36. The maximum absolute atomic E-state index is 12.8. The largest absolute Gasteiger partial charge is 0.459 e. The first-order valence-electron chi connectivity index (χ1n) is 13.8. The van der Waals surface area contributed by atoms with Crippen LogP contribution in [0.5, 0.6) is 0 Å². The van der Waals surface area contributed by atoms with Gasteiger partial charge in [-0.3, -0.25) is 4.79 Å². The molecule has 0 radical (unpaired) electrons. The molecule has 5 heteroatoms. The van der Waals surface area contributed by atoms with E-state index in [1.54, 1.807) is 0 Å². The third-order valence-electron chi connectivity index (χ3n) is 11.1. The van der Waals surface area contributed by atoms with E-state index >= 15 is 0 Å². The van der Waals surface area contributed by atoms with Crippen molar-refractivity contribution in [2.75, 3.05) is 13.6 Å². The predicted octanol–water partition coefficient (Wildman–Crippen LogP) is 5.38. The lowest BCUT2D eigenvalue weighted by molar-refractivity contribution is -0.175. The van der Waals surface area contributed by atoms with E-state index in [-0.39, 0.29) is 23.4 Å². The van der Waals surface area contributed by atoms with Gasteiger partial charge in [-0.2, -0.15) is 0 Å². The van der Waals surface area contributed by atoms with Gasteiger partial charge >= 0.3 is 11.9 Å². The zero-order valence-electron chi connectivity index (χ0n) is 22.1. The van der Waals surface area contributed by atoms with Crippen molar-refractivity contribution in [3.8, 4) is 0 Å². The molecule has 1 heterocycles. The van der Waals surface area contributed by atoms with E-state index < -0.39 is 12.1 Å². The number of likely N-dealkylation sites (tertiary alicyclic amines) is 1. The number of esters is 2. The first-order chi connectivity index (χ1) is 16.1. The second kappa shape index (κ2) is 8.64. The Labute approximate surface area is 206 Å². The predicted molar refractivity (Wildman–Crippen MR) is 132 cm³/mol. The van der Waals surface area contributed by atoms with Crippen LogP contribution in [0.25, 0.3) is 0 Å². The molecule has 5 rings (SSSR count). The van der Waals surface area contributed by atoms with Crippen LogP contribution < -0.4 is 0 Å². The standard InChI is InChI=1S/C29H45NO4/c1-17(2)26(33-19(4)31)27(32)34-21-11-13-28(5)20(15-21)7-8-22-24(28)12-14-29-16-30(6)18(3)23(29)9-10-25(22)29/h7,17-18,21-26H,8-16H2,1-6H3. The van der Waals surface area contributed by atoms with Crippen LogP contribution in [0.3, 0.4) is 0 Å². The Balaban J connectivity index is 1.30. The van der Waals surface area contributed by atoms with Gasteiger partial charge < -0.3 is 14.4 Å². The van der Waals surface area contributed by atoms with E-state index in [2.05, 4.69) is 31.9 Å². The van der Waals surface area contributed by atoms with Gasteiger partial charge in [0.05, 0.1) is 0 Å². The highest BCUT2D eigenvalue weighted by Crippen LogP contribution is 2.68. The molecule has 1 aliphatic heterocycles. The number of fused-ring (bicyclic) bond motifs is 4. The minimum atomic E-state index is -0.813. The molecule has 1 spiro atoms. The monoisotopic (exact) mass is 471 g/mol. The summed E-state index contributed by atoms with van der Waals surface area (Å²) in [6, 6.07) is 0.735. The van der Waals surface area contributed by atoms with Crippen LogP contribution in [-0.4, -0.2) is 48.7 Å². The fraction of sp³-hybridized carbons (Fsp3) is 0.862. The molecule has 0 N–H and O–H groups in total. The molecule has 9 atom stereocenters. The molecule has 9 unspecified atom stereocenters. The topological polar surface area (TPSA) is 55.8 Å². The van der Waals surface area contributed by atoms with Crippen molar-refractivity contribution in [2.24, 2.45) is 40.4 Å². The van der Waals surface area contributed by atoms with E-state index in [1.807, 2.05) is 13.8 Å². The molecule has 3 saturated carbocycles. The lowest BCUT2D eigenvalue weighted by Gasteiger charge is -2.58. The molecule has 34 heavy (non-hydrogen) atoms. The summed E-state index contributed by atoms with van der Waals surface area (Å²) in [5.41, 5.74) is 2.33. The maximum Gasteiger partial charge on any atom is 0.348 e. The minimum Gasteiger partial charge on any atom is -0.459 e. The second-order valence-corrected chi connectivity index (χ2v) is 12.9. The highest BCUT2D eigenvalue weighted by Gasteiger charge is 2.64. The average molecular weight is 472 g/mol. The number of carbonyl (C=O) groups is 2. The average Bonchev–Trinajstić information content (AvgIpc) is 3.25. The summed E-state index contributed by atoms with van der Waals surface area (Å²) in [7, 11) is 2.34. The second-order valence-electron chi connectivity index (χ2n) is 12.9. The summed E-state index contributed by atoms with van der Waals surface area (Å²) in [6.45, 7) is 11.4. The maximum atomic E-state index is 12.8. The van der Waals surface area contributed by atoms with Gasteiger partial charge in [0.15, 0.2) is 0 Å². The molecule has 0 aromatic rings. The summed E-state index contributed by atoms with van der Waals surface area (Å²) < 4.78 is 11.2. The zero-order valence-corrected chi connectivity index (χ0v) is 22.1. The highest BCUT2D eigenvalue weighted by atomic mass is 16.6. The Bertz CT molecular complexity index is 866. The van der Waals surface area contributed by atoms with E-state index in [1.165, 1.54) is 51.1 Å². The van der Waals surface area contributed by atoms with Crippen LogP contribution in [0.4, 0.5) is 0 Å². The van der Waals surface area contributed by atoms with Crippen LogP contribution in [0.1, 0.15) is 86.0 Å². The van der Waals surface area contributed by atoms with Gasteiger partial charge in [0.1, 0.15) is 6.10 Å². The van der Waals surface area contributed by atoms with Gasteiger partial charge in [-0.15, -0.1) is 0 Å². The normalized spacial score (nSPS) is 44.4. The van der Waals surface area contributed by atoms with Crippen LogP contribution >= 0.6 is 0 Å². The first kappa shape index (κ1) is 24.3. The summed E-state index contributed by atoms with van der Waals surface area (Å²) in [5.74, 6) is 2.45. The molecular weight excluding hydrogens is 426 g/mol. The number of allylic oxidation sites excluding steroid dienone is 1. The molecule has 1 saturated heterocycles. The lowest BCUT2D eigenvalue weighted by Crippen LogP contribution is -2.52. The van der Waals surface area contributed by atoms with E-state index in [4.69, 9.17) is 9.47 Å². The van der Waals surface area contributed by atoms with Crippen molar-refractivity contribution < 1.29 is 19.1 Å². The van der Waals surface area contributed by atoms with Gasteiger partial charge in [-0.25, -0.2) is 4.79 Å². The van der Waals surface area contributed by atoms with Crippen molar-refractivity contribution in [1.82, 2.24) is 4.90 Å². The molecule has 4 fully saturated rings. The number of carbonyl (C=O) groups excluding carboxylic acids is 2. The zero-order chi connectivity index (χ0) is 24.4. The van der Waals surface area contributed by atoms with Gasteiger partial charge in [0, 0.05) is 31.8 Å². The van der Waals surface area contributed by atoms with E-state index in [0.29, 0.717) is 5.41 Å². The van der Waals surface area contributed by atoms with Crippen molar-refractivity contribution in [3.05, 3.63) is 11.6 Å². The third-order valence-corrected chi connectivity index (χ3v) is 11.1. The number of hydrogen-bond donors (Lipinski definition) is 0. The van der Waals surface area contributed by atoms with Crippen molar-refractivity contribution in [2.45, 2.75) is 104 Å². The Morgan fingerprint density at radius 1 is 1.09 bits per heavy atom. The molecule has 0 bridgehead atoms. The van der Waals surface area contributed by atoms with Crippen LogP contribution in [0.15, 0.2) is 11.6 Å². The van der Waals surface area contributed by atoms with Gasteiger partial charge in [0.25, 0.3) is 0 Å². The highest BCUT2D eigenvalue weighted by molar-refractivity contribution is 5.79. The van der Waals surface area contributed by atoms with E-state index in [9.17, 15) is 9.59 Å². The third kappa shape index (κ3) is 3.67. The summed E-state index contributed by atoms with van der Waals surface area (Å²) in [4.78, 5) is 26.9. The molecule has 4 aliphatic carbocycles. The van der Waals surface area contributed by atoms with Gasteiger partial charge in [-0.1, -0.05) is 32.4 Å². The van der Waals surface area contributed by atoms with Crippen LogP contribution in [0, 0.1) is 40.4 Å². The lowest BCUT2D eigenvalue weighted by atomic mass is 9.47. The molecular formula is C29H45NO4. The van der Waals surface area contributed by atoms with E-state index in [0.717, 1.165) is 49.0 Å². The minimum absolute atomic E-state index is 0.0953. The summed E-state index contributed by atoms with van der Waals surface area (Å²) >= 11 is 0. The Kier molecular flexibility index (Phi) is 6.18. The SMILES string of the molecule is CC(=O)OC(C(=O)OC1CCC2(C)C(=CCC3C2CCC24CN(C)C(C)C2CCC34)C1)C(C)C. The quantitative estimate of drug-likeness (QED) is 0.407. The fourth-order valence-electron chi connectivity index (χ4n) is 9.40. The molecule has 0 aromatic heterocycles. The molecule has 0 aromatic carbocycles. The van der Waals surface area contributed by atoms with Crippen LogP contribution in [-0.2, 0) is 19.1 Å². The Morgan fingerprint density at radius 2 is 1.82 bits per heavy atom. The molecule has 190 valence electrons. The number of nitrogens with zero attached hydrogens (tertiary/aromatic N) is 1. The molecule has 0 amide bonds. The molecule has 5 aliphatic rings. The van der Waals surface area contributed by atoms with Gasteiger partial charge in [-0.05, 0) is 93.4 Å². The van der Waals surface area contributed by atoms with Crippen molar-refractivity contribution in [1.29, 1.82) is 0 Å². The smallest absolute Gasteiger partial charge is 0.348 e. The number of hydrogen-bond acceptors (Lipinski definition) is 5. The number of ether oxygens (including phenoxy) is 2. The number of rotatable bonds is 4. The van der Waals surface area contributed by atoms with Gasteiger partial charge in [0.2, 0.25) is 6.10 Å². The summed E-state index contributed by atoms with van der Waals surface area (Å²) in [5, 5.41) is 0. The molecule has 5 nitrogen and oxygen atoms in total.